The highest BCUT2D eigenvalue weighted by Crippen LogP contribution is 2.34. The molecule has 1 aliphatic rings. The van der Waals surface area contributed by atoms with Gasteiger partial charge in [-0.3, -0.25) is 10.3 Å². The molecule has 0 saturated heterocycles. The number of aliphatic imine (C=N–C) groups is 1. The Morgan fingerprint density at radius 1 is 1.31 bits per heavy atom. The summed E-state index contributed by atoms with van der Waals surface area (Å²) in [6, 6.07) is 8.28. The van der Waals surface area contributed by atoms with Crippen molar-refractivity contribution in [3.8, 4) is 5.75 Å². The van der Waals surface area contributed by atoms with E-state index in [4.69, 9.17) is 9.47 Å². The zero-order valence-electron chi connectivity index (χ0n) is 16.5. The number of carbonyl (C=O) groups is 1. The van der Waals surface area contributed by atoms with Gasteiger partial charge in [-0.15, -0.1) is 0 Å². The summed E-state index contributed by atoms with van der Waals surface area (Å²) in [6.45, 7) is 11.2. The number of nitrogens with zero attached hydrogens (tertiary/aromatic N) is 2. The number of carbonyl (C=O) groups excluding carboxylic acids is 1. The Hall–Kier alpha value is -2.24. The van der Waals surface area contributed by atoms with Crippen molar-refractivity contribution in [2.45, 2.75) is 65.6 Å². The fourth-order valence-corrected chi connectivity index (χ4v) is 3.00. The summed E-state index contributed by atoms with van der Waals surface area (Å²) >= 11 is 0. The maximum atomic E-state index is 12.0. The van der Waals surface area contributed by atoms with E-state index in [0.29, 0.717) is 19.1 Å². The second kappa shape index (κ2) is 9.46. The summed E-state index contributed by atoms with van der Waals surface area (Å²) in [5, 5.41) is 2.79. The van der Waals surface area contributed by atoms with Gasteiger partial charge >= 0.3 is 6.09 Å². The van der Waals surface area contributed by atoms with Crippen molar-refractivity contribution in [2.75, 3.05) is 13.2 Å². The molecule has 1 N–H and O–H groups in total. The molecule has 1 unspecified atom stereocenters. The molecule has 1 atom stereocenters. The normalized spacial score (nSPS) is 16.8. The molecule has 0 aliphatic carbocycles. The van der Waals surface area contributed by atoms with E-state index < -0.39 is 6.09 Å². The largest absolute Gasteiger partial charge is 0.493 e. The van der Waals surface area contributed by atoms with Crippen LogP contribution in [0, 0.1) is 0 Å². The van der Waals surface area contributed by atoms with Crippen LogP contribution in [-0.4, -0.2) is 42.3 Å². The van der Waals surface area contributed by atoms with Crippen molar-refractivity contribution >= 4 is 12.1 Å². The molecular formula is C20H31N3O3. The Labute approximate surface area is 156 Å². The number of hydrogen-bond acceptors (Lipinski definition) is 5. The van der Waals surface area contributed by atoms with Gasteiger partial charge in [0, 0.05) is 11.6 Å². The minimum Gasteiger partial charge on any atom is -0.493 e. The van der Waals surface area contributed by atoms with Crippen LogP contribution in [0.25, 0.3) is 0 Å². The lowest BCUT2D eigenvalue weighted by Gasteiger charge is -2.32. The van der Waals surface area contributed by atoms with E-state index in [9.17, 15) is 4.79 Å². The summed E-state index contributed by atoms with van der Waals surface area (Å²) in [6.07, 6.45) is 1.47. The van der Waals surface area contributed by atoms with Crippen molar-refractivity contribution in [1.82, 2.24) is 10.2 Å². The van der Waals surface area contributed by atoms with E-state index in [1.54, 1.807) is 0 Å². The molecule has 2 rings (SSSR count). The van der Waals surface area contributed by atoms with Crippen LogP contribution in [-0.2, 0) is 4.74 Å². The summed E-state index contributed by atoms with van der Waals surface area (Å²) in [4.78, 5) is 18.7. The number of benzene rings is 1. The van der Waals surface area contributed by atoms with E-state index in [1.807, 2.05) is 32.0 Å². The van der Waals surface area contributed by atoms with Gasteiger partial charge < -0.3 is 14.4 Å². The van der Waals surface area contributed by atoms with Gasteiger partial charge in [0.1, 0.15) is 5.75 Å². The Kier molecular flexibility index (Phi) is 7.30. The van der Waals surface area contributed by atoms with Gasteiger partial charge in [-0.1, -0.05) is 31.5 Å². The van der Waals surface area contributed by atoms with Crippen LogP contribution < -0.4 is 10.1 Å². The predicted molar refractivity (Wildman–Crippen MR) is 104 cm³/mol. The van der Waals surface area contributed by atoms with Crippen LogP contribution in [0.5, 0.6) is 5.75 Å². The highest BCUT2D eigenvalue weighted by Gasteiger charge is 2.34. The monoisotopic (exact) mass is 361 g/mol. The molecule has 0 fully saturated rings. The molecule has 144 valence electrons. The first kappa shape index (κ1) is 20.1. The molecule has 26 heavy (non-hydrogen) atoms. The zero-order chi connectivity index (χ0) is 19.1. The van der Waals surface area contributed by atoms with Crippen LogP contribution in [0.2, 0.25) is 0 Å². The first-order chi connectivity index (χ1) is 12.4. The number of nitrogens with one attached hydrogen (secondary N) is 1. The van der Waals surface area contributed by atoms with Crippen molar-refractivity contribution in [3.05, 3.63) is 29.8 Å². The lowest BCUT2D eigenvalue weighted by atomic mass is 10.0. The number of ether oxygens (including phenoxy) is 2. The van der Waals surface area contributed by atoms with Gasteiger partial charge in [-0.25, -0.2) is 4.79 Å². The first-order valence-electron chi connectivity index (χ1n) is 9.46. The molecule has 6 nitrogen and oxygen atoms in total. The molecule has 1 heterocycles. The third-order valence-corrected chi connectivity index (χ3v) is 4.14. The quantitative estimate of drug-likeness (QED) is 0.742. The Morgan fingerprint density at radius 3 is 2.69 bits per heavy atom. The van der Waals surface area contributed by atoms with Crippen molar-refractivity contribution in [3.63, 3.8) is 0 Å². The molecule has 0 radical (unpaired) electrons. The zero-order valence-corrected chi connectivity index (χ0v) is 16.5. The standard InChI is InChI=1S/C20H31N3O3/c1-6-7-12-25-18-11-9-8-10-16(18)17-13-21-19(23(17)14(2)3)22-20(24)26-15(4)5/h8-11,14-15,17H,6-7,12-13H2,1-5H3,(H,21,22,24). The van der Waals surface area contributed by atoms with Gasteiger partial charge in [-0.05, 0) is 40.2 Å². The highest BCUT2D eigenvalue weighted by atomic mass is 16.6. The minimum absolute atomic E-state index is 0.0298. The van der Waals surface area contributed by atoms with Gasteiger partial charge in [0.2, 0.25) is 5.96 Å². The van der Waals surface area contributed by atoms with Crippen molar-refractivity contribution in [2.24, 2.45) is 4.99 Å². The van der Waals surface area contributed by atoms with Crippen LogP contribution >= 0.6 is 0 Å². The van der Waals surface area contributed by atoms with Crippen LogP contribution in [0.4, 0.5) is 4.79 Å². The van der Waals surface area contributed by atoms with E-state index in [-0.39, 0.29) is 18.2 Å². The first-order valence-corrected chi connectivity index (χ1v) is 9.46. The third kappa shape index (κ3) is 5.13. The van der Waals surface area contributed by atoms with Gasteiger partial charge in [0.05, 0.1) is 25.3 Å². The number of para-hydroxylation sites is 1. The lowest BCUT2D eigenvalue weighted by molar-refractivity contribution is 0.119. The van der Waals surface area contributed by atoms with Crippen molar-refractivity contribution in [1.29, 1.82) is 0 Å². The number of unbranched alkanes of at least 4 members (excludes halogenated alkanes) is 1. The number of alkyl carbamates (subject to hydrolysis) is 1. The maximum absolute atomic E-state index is 12.0. The fraction of sp³-hybridized carbons (Fsp3) is 0.600. The molecule has 0 saturated carbocycles. The summed E-state index contributed by atoms with van der Waals surface area (Å²) in [7, 11) is 0. The molecule has 6 heteroatoms. The van der Waals surface area contributed by atoms with E-state index in [2.05, 4.69) is 42.0 Å². The molecule has 1 aliphatic heterocycles. The molecule has 1 aromatic carbocycles. The third-order valence-electron chi connectivity index (χ3n) is 4.14. The Balaban J connectivity index is 2.17. The highest BCUT2D eigenvalue weighted by molar-refractivity contribution is 5.95. The molecule has 1 amide bonds. The fourth-order valence-electron chi connectivity index (χ4n) is 3.00. The number of amides is 1. The van der Waals surface area contributed by atoms with Gasteiger partial charge in [0.25, 0.3) is 0 Å². The number of rotatable bonds is 7. The van der Waals surface area contributed by atoms with Crippen LogP contribution in [0.15, 0.2) is 29.3 Å². The average Bonchev–Trinajstić information content (AvgIpc) is 2.98. The average molecular weight is 361 g/mol. The van der Waals surface area contributed by atoms with Crippen molar-refractivity contribution < 1.29 is 14.3 Å². The van der Waals surface area contributed by atoms with Crippen LogP contribution in [0.3, 0.4) is 0 Å². The Bertz CT molecular complexity index is 628. The number of hydrogen-bond donors (Lipinski definition) is 1. The smallest absolute Gasteiger partial charge is 0.414 e. The second-order valence-electron chi connectivity index (χ2n) is 7.00. The second-order valence-corrected chi connectivity index (χ2v) is 7.00. The minimum atomic E-state index is -0.475. The van der Waals surface area contributed by atoms with Gasteiger partial charge in [-0.2, -0.15) is 0 Å². The van der Waals surface area contributed by atoms with E-state index >= 15 is 0 Å². The molecule has 0 bridgehead atoms. The summed E-state index contributed by atoms with van der Waals surface area (Å²) < 4.78 is 11.2. The molecule has 0 spiro atoms. The topological polar surface area (TPSA) is 63.2 Å². The molecular weight excluding hydrogens is 330 g/mol. The Morgan fingerprint density at radius 2 is 2.04 bits per heavy atom. The SMILES string of the molecule is CCCCOc1ccccc1C1CN=C(NC(=O)OC(C)C)N1C(C)C. The summed E-state index contributed by atoms with van der Waals surface area (Å²) in [5.41, 5.74) is 1.09. The summed E-state index contributed by atoms with van der Waals surface area (Å²) in [5.74, 6) is 1.44. The van der Waals surface area contributed by atoms with E-state index in [0.717, 1.165) is 24.2 Å². The van der Waals surface area contributed by atoms with Gasteiger partial charge in [0.15, 0.2) is 0 Å². The lowest BCUT2D eigenvalue weighted by Crippen LogP contribution is -2.46. The molecule has 1 aromatic rings. The number of guanidine groups is 1. The maximum Gasteiger partial charge on any atom is 0.414 e. The van der Waals surface area contributed by atoms with E-state index in [1.165, 1.54) is 0 Å². The molecule has 0 aromatic heterocycles. The predicted octanol–water partition coefficient (Wildman–Crippen LogP) is 4.12. The van der Waals surface area contributed by atoms with Crippen LogP contribution in [0.1, 0.15) is 59.1 Å².